The summed E-state index contributed by atoms with van der Waals surface area (Å²) in [4.78, 5) is 11.9. The second-order valence-corrected chi connectivity index (χ2v) is 8.49. The Labute approximate surface area is 133 Å². The van der Waals surface area contributed by atoms with Crippen LogP contribution in [0.4, 0.5) is 0 Å². The van der Waals surface area contributed by atoms with E-state index in [4.69, 9.17) is 0 Å². The van der Waals surface area contributed by atoms with E-state index >= 15 is 0 Å². The zero-order valence-electron chi connectivity index (χ0n) is 13.1. The fourth-order valence-corrected chi connectivity index (χ4v) is 4.23. The van der Waals surface area contributed by atoms with Crippen LogP contribution in [0.2, 0.25) is 0 Å². The summed E-state index contributed by atoms with van der Waals surface area (Å²) in [5.74, 6) is -0.309. The molecule has 2 rings (SSSR count). The summed E-state index contributed by atoms with van der Waals surface area (Å²) in [7, 11) is -3.48. The topological polar surface area (TPSA) is 63.2 Å². The highest BCUT2D eigenvalue weighted by molar-refractivity contribution is 7.92. The van der Waals surface area contributed by atoms with Gasteiger partial charge in [0.1, 0.15) is 5.75 Å². The third-order valence-corrected chi connectivity index (χ3v) is 6.47. The van der Waals surface area contributed by atoms with Crippen LogP contribution in [-0.2, 0) is 14.6 Å². The third-order valence-electron chi connectivity index (χ3n) is 4.45. The lowest BCUT2D eigenvalue weighted by Crippen LogP contribution is -2.35. The molecule has 0 aromatic heterocycles. The Kier molecular flexibility index (Phi) is 6.00. The molecule has 0 bridgehead atoms. The molecule has 1 fully saturated rings. The Morgan fingerprint density at radius 2 is 1.82 bits per heavy atom. The third kappa shape index (κ3) is 4.83. The molecule has 0 aliphatic heterocycles. The highest BCUT2D eigenvalue weighted by atomic mass is 32.2. The van der Waals surface area contributed by atoms with E-state index in [-0.39, 0.29) is 5.91 Å². The van der Waals surface area contributed by atoms with Crippen molar-refractivity contribution in [1.29, 1.82) is 0 Å². The van der Waals surface area contributed by atoms with Gasteiger partial charge in [-0.3, -0.25) is 4.79 Å². The Bertz CT molecular complexity index is 577. The molecule has 1 saturated carbocycles. The first kappa shape index (κ1) is 17.0. The fourth-order valence-electron chi connectivity index (χ4n) is 2.94. The Morgan fingerprint density at radius 3 is 2.45 bits per heavy atom. The molecule has 0 radical (unpaired) electrons. The molecular formula is C17H25NO3S. The van der Waals surface area contributed by atoms with E-state index in [1.54, 1.807) is 19.1 Å². The van der Waals surface area contributed by atoms with Crippen LogP contribution in [0, 0.1) is 5.92 Å². The average Bonchev–Trinajstić information content (AvgIpc) is 2.53. The summed E-state index contributed by atoms with van der Waals surface area (Å²) in [6, 6.07) is 9.03. The van der Waals surface area contributed by atoms with Crippen molar-refractivity contribution in [3.63, 3.8) is 0 Å². The number of nitrogens with one attached hydrogen (secondary N) is 1. The fraction of sp³-hybridized carbons (Fsp3) is 0.588. The zero-order chi connectivity index (χ0) is 16.0. The summed E-state index contributed by atoms with van der Waals surface area (Å²) in [5, 5.41) is 2.14. The number of carbonyl (C=O) groups excluding carboxylic acids is 1. The standard InChI is InChI=1S/C17H25NO3S/c1-14(16-10-6-3-7-11-16)22(20,21)13-17(19)18-12-15-8-4-2-5-9-15/h3,6-7,10-11,14-15H,2,4-5,8-9,12-13H2,1H3,(H,18,19). The first-order chi connectivity index (χ1) is 10.5. The highest BCUT2D eigenvalue weighted by Crippen LogP contribution is 2.23. The van der Waals surface area contributed by atoms with Gasteiger partial charge < -0.3 is 5.32 Å². The molecule has 1 unspecified atom stereocenters. The predicted molar refractivity (Wildman–Crippen MR) is 88.2 cm³/mol. The van der Waals surface area contributed by atoms with Gasteiger partial charge in [0, 0.05) is 6.54 Å². The Balaban J connectivity index is 1.86. The monoisotopic (exact) mass is 323 g/mol. The molecular weight excluding hydrogens is 298 g/mol. The molecule has 0 saturated heterocycles. The maximum atomic E-state index is 12.3. The largest absolute Gasteiger partial charge is 0.355 e. The molecule has 1 aromatic carbocycles. The minimum Gasteiger partial charge on any atom is -0.355 e. The molecule has 1 aliphatic rings. The Morgan fingerprint density at radius 1 is 1.18 bits per heavy atom. The second-order valence-electron chi connectivity index (χ2n) is 6.17. The smallest absolute Gasteiger partial charge is 0.235 e. The van der Waals surface area contributed by atoms with Gasteiger partial charge >= 0.3 is 0 Å². The van der Waals surface area contributed by atoms with Gasteiger partial charge in [-0.1, -0.05) is 49.6 Å². The highest BCUT2D eigenvalue weighted by Gasteiger charge is 2.26. The molecule has 1 atom stereocenters. The van der Waals surface area contributed by atoms with Gasteiger partial charge in [0.05, 0.1) is 5.25 Å². The number of carbonyl (C=O) groups is 1. The van der Waals surface area contributed by atoms with Crippen molar-refractivity contribution >= 4 is 15.7 Å². The van der Waals surface area contributed by atoms with Crippen LogP contribution < -0.4 is 5.32 Å². The van der Waals surface area contributed by atoms with Crippen molar-refractivity contribution in [2.75, 3.05) is 12.3 Å². The van der Waals surface area contributed by atoms with E-state index in [9.17, 15) is 13.2 Å². The van der Waals surface area contributed by atoms with Gasteiger partial charge in [-0.15, -0.1) is 0 Å². The van der Waals surface area contributed by atoms with Gasteiger partial charge in [0.2, 0.25) is 5.91 Å². The van der Waals surface area contributed by atoms with Crippen molar-refractivity contribution in [2.24, 2.45) is 5.92 Å². The first-order valence-electron chi connectivity index (χ1n) is 8.02. The maximum absolute atomic E-state index is 12.3. The van der Waals surface area contributed by atoms with Crippen LogP contribution in [0.15, 0.2) is 30.3 Å². The molecule has 0 spiro atoms. The van der Waals surface area contributed by atoms with Crippen molar-refractivity contribution in [2.45, 2.75) is 44.3 Å². The molecule has 1 aliphatic carbocycles. The first-order valence-corrected chi connectivity index (χ1v) is 9.74. The van der Waals surface area contributed by atoms with Crippen molar-refractivity contribution in [3.05, 3.63) is 35.9 Å². The summed E-state index contributed by atoms with van der Waals surface area (Å²) < 4.78 is 24.7. The minimum atomic E-state index is -3.48. The number of hydrogen-bond acceptors (Lipinski definition) is 3. The van der Waals surface area contributed by atoms with E-state index < -0.39 is 20.8 Å². The van der Waals surface area contributed by atoms with Crippen LogP contribution in [0.5, 0.6) is 0 Å². The number of amides is 1. The number of hydrogen-bond donors (Lipinski definition) is 1. The summed E-state index contributed by atoms with van der Waals surface area (Å²) in [6.45, 7) is 2.24. The lowest BCUT2D eigenvalue weighted by molar-refractivity contribution is -0.118. The van der Waals surface area contributed by atoms with E-state index in [0.717, 1.165) is 18.4 Å². The quantitative estimate of drug-likeness (QED) is 0.875. The van der Waals surface area contributed by atoms with Crippen LogP contribution in [0.3, 0.4) is 0 Å². The van der Waals surface area contributed by atoms with E-state index in [1.165, 1.54) is 19.3 Å². The molecule has 5 heteroatoms. The minimum absolute atomic E-state index is 0.381. The SMILES string of the molecule is CC(c1ccccc1)S(=O)(=O)CC(=O)NCC1CCCCC1. The summed E-state index contributed by atoms with van der Waals surface area (Å²) in [5.41, 5.74) is 0.725. The molecule has 122 valence electrons. The lowest BCUT2D eigenvalue weighted by Gasteiger charge is -2.22. The molecule has 1 N–H and O–H groups in total. The number of benzene rings is 1. The molecule has 1 amide bonds. The summed E-state index contributed by atoms with van der Waals surface area (Å²) in [6.07, 6.45) is 5.96. The molecule has 0 heterocycles. The van der Waals surface area contributed by atoms with E-state index in [0.29, 0.717) is 12.5 Å². The predicted octanol–water partition coefficient (Wildman–Crippen LogP) is 2.86. The van der Waals surface area contributed by atoms with E-state index in [2.05, 4.69) is 5.32 Å². The van der Waals surface area contributed by atoms with Crippen LogP contribution >= 0.6 is 0 Å². The Hall–Kier alpha value is -1.36. The van der Waals surface area contributed by atoms with Gasteiger partial charge in [-0.2, -0.15) is 0 Å². The van der Waals surface area contributed by atoms with Gasteiger partial charge in [-0.25, -0.2) is 8.42 Å². The number of sulfone groups is 1. The maximum Gasteiger partial charge on any atom is 0.235 e. The molecule has 1 aromatic rings. The molecule has 4 nitrogen and oxygen atoms in total. The zero-order valence-corrected chi connectivity index (χ0v) is 13.9. The number of rotatable bonds is 6. The van der Waals surface area contributed by atoms with Crippen LogP contribution in [-0.4, -0.2) is 26.6 Å². The van der Waals surface area contributed by atoms with Crippen LogP contribution in [0.1, 0.15) is 49.8 Å². The van der Waals surface area contributed by atoms with E-state index in [1.807, 2.05) is 18.2 Å². The molecule has 22 heavy (non-hydrogen) atoms. The van der Waals surface area contributed by atoms with Crippen LogP contribution in [0.25, 0.3) is 0 Å². The van der Waals surface area contributed by atoms with Gasteiger partial charge in [0.25, 0.3) is 0 Å². The lowest BCUT2D eigenvalue weighted by atomic mass is 9.89. The summed E-state index contributed by atoms with van der Waals surface area (Å²) >= 11 is 0. The average molecular weight is 323 g/mol. The van der Waals surface area contributed by atoms with Crippen molar-refractivity contribution in [1.82, 2.24) is 5.32 Å². The normalized spacial score (nSPS) is 17.9. The van der Waals surface area contributed by atoms with Crippen molar-refractivity contribution in [3.8, 4) is 0 Å². The van der Waals surface area contributed by atoms with Gasteiger partial charge in [0.15, 0.2) is 9.84 Å². The van der Waals surface area contributed by atoms with Crippen molar-refractivity contribution < 1.29 is 13.2 Å². The second kappa shape index (κ2) is 7.77. The van der Waals surface area contributed by atoms with Gasteiger partial charge in [-0.05, 0) is 31.2 Å².